The van der Waals surface area contributed by atoms with Gasteiger partial charge >= 0.3 is 0 Å². The van der Waals surface area contributed by atoms with Crippen molar-refractivity contribution < 1.29 is 4.39 Å². The number of nitrogens with two attached hydrogens (primary N) is 1. The zero-order valence-corrected chi connectivity index (χ0v) is 8.12. The number of hydrogen-bond acceptors (Lipinski definition) is 2. The third kappa shape index (κ3) is 1.29. The number of thiophene rings is 1. The van der Waals surface area contributed by atoms with Gasteiger partial charge in [0.2, 0.25) is 0 Å². The summed E-state index contributed by atoms with van der Waals surface area (Å²) in [5.74, 6) is 0. The standard InChI is InChI=1S/C10H10FNS/c1-2-7-8-4-3-6(12)5-9(8)13-10(7)11/h3-5H,2,12H2,1H3. The number of rotatable bonds is 1. The lowest BCUT2D eigenvalue weighted by Gasteiger charge is -1.94. The smallest absolute Gasteiger partial charge is 0.180 e. The molecule has 1 nitrogen and oxygen atoms in total. The van der Waals surface area contributed by atoms with Crippen molar-refractivity contribution in [2.75, 3.05) is 5.73 Å². The van der Waals surface area contributed by atoms with Crippen molar-refractivity contribution in [3.63, 3.8) is 0 Å². The zero-order valence-electron chi connectivity index (χ0n) is 7.30. The molecule has 68 valence electrons. The van der Waals surface area contributed by atoms with Crippen molar-refractivity contribution in [3.05, 3.63) is 28.9 Å². The van der Waals surface area contributed by atoms with E-state index in [0.717, 1.165) is 22.1 Å². The second-order valence-corrected chi connectivity index (χ2v) is 3.97. The van der Waals surface area contributed by atoms with Gasteiger partial charge < -0.3 is 5.73 Å². The Morgan fingerprint density at radius 2 is 2.23 bits per heavy atom. The molecule has 0 amide bonds. The van der Waals surface area contributed by atoms with Crippen molar-refractivity contribution in [3.8, 4) is 0 Å². The van der Waals surface area contributed by atoms with Gasteiger partial charge in [-0.05, 0) is 23.9 Å². The Balaban J connectivity index is 2.79. The molecular formula is C10H10FNS. The third-order valence-electron chi connectivity index (χ3n) is 2.12. The first-order valence-corrected chi connectivity index (χ1v) is 5.00. The first kappa shape index (κ1) is 8.51. The third-order valence-corrected chi connectivity index (χ3v) is 3.10. The molecule has 0 bridgehead atoms. The lowest BCUT2D eigenvalue weighted by molar-refractivity contribution is 0.644. The quantitative estimate of drug-likeness (QED) is 0.695. The summed E-state index contributed by atoms with van der Waals surface area (Å²) < 4.78 is 14.3. The van der Waals surface area contributed by atoms with Crippen LogP contribution in [0, 0.1) is 5.13 Å². The van der Waals surface area contributed by atoms with Crippen LogP contribution in [-0.4, -0.2) is 0 Å². The number of fused-ring (bicyclic) bond motifs is 1. The van der Waals surface area contributed by atoms with Crippen LogP contribution in [-0.2, 0) is 6.42 Å². The number of anilines is 1. The van der Waals surface area contributed by atoms with Crippen LogP contribution in [0.4, 0.5) is 10.1 Å². The average Bonchev–Trinajstić information content (AvgIpc) is 2.39. The van der Waals surface area contributed by atoms with Crippen LogP contribution in [0.1, 0.15) is 12.5 Å². The van der Waals surface area contributed by atoms with Gasteiger partial charge in [-0.25, -0.2) is 0 Å². The fraction of sp³-hybridized carbons (Fsp3) is 0.200. The number of benzene rings is 1. The minimum atomic E-state index is -0.0805. The van der Waals surface area contributed by atoms with Crippen molar-refractivity contribution in [1.82, 2.24) is 0 Å². The summed E-state index contributed by atoms with van der Waals surface area (Å²) in [6, 6.07) is 5.53. The molecule has 1 heterocycles. The second-order valence-electron chi connectivity index (χ2n) is 2.96. The van der Waals surface area contributed by atoms with Crippen molar-refractivity contribution in [1.29, 1.82) is 0 Å². The normalized spacial score (nSPS) is 10.9. The molecule has 13 heavy (non-hydrogen) atoms. The van der Waals surface area contributed by atoms with E-state index in [9.17, 15) is 4.39 Å². The fourth-order valence-electron chi connectivity index (χ4n) is 1.47. The van der Waals surface area contributed by atoms with Gasteiger partial charge in [-0.2, -0.15) is 4.39 Å². The van der Waals surface area contributed by atoms with Crippen LogP contribution < -0.4 is 5.73 Å². The second kappa shape index (κ2) is 3.00. The summed E-state index contributed by atoms with van der Waals surface area (Å²) in [7, 11) is 0. The van der Waals surface area contributed by atoms with Crippen molar-refractivity contribution >= 4 is 27.1 Å². The van der Waals surface area contributed by atoms with Crippen LogP contribution in [0.5, 0.6) is 0 Å². The molecule has 0 aliphatic heterocycles. The highest BCUT2D eigenvalue weighted by Gasteiger charge is 2.09. The van der Waals surface area contributed by atoms with Gasteiger partial charge in [-0.15, -0.1) is 11.3 Å². The summed E-state index contributed by atoms with van der Waals surface area (Å²) in [6.07, 6.45) is 0.732. The summed E-state index contributed by atoms with van der Waals surface area (Å²) >= 11 is 1.17. The van der Waals surface area contributed by atoms with Gasteiger partial charge in [-0.3, -0.25) is 0 Å². The minimum Gasteiger partial charge on any atom is -0.399 e. The molecule has 2 rings (SSSR count). The van der Waals surface area contributed by atoms with Crippen LogP contribution in [0.3, 0.4) is 0 Å². The number of hydrogen-bond donors (Lipinski definition) is 1. The Morgan fingerprint density at radius 1 is 1.46 bits per heavy atom. The lowest BCUT2D eigenvalue weighted by atomic mass is 10.1. The van der Waals surface area contributed by atoms with E-state index in [-0.39, 0.29) is 5.13 Å². The Hall–Kier alpha value is -1.09. The first-order valence-electron chi connectivity index (χ1n) is 4.18. The van der Waals surface area contributed by atoms with Crippen LogP contribution in [0.25, 0.3) is 10.1 Å². The maximum atomic E-state index is 13.3. The topological polar surface area (TPSA) is 26.0 Å². The van der Waals surface area contributed by atoms with E-state index in [1.54, 1.807) is 0 Å². The molecule has 0 aliphatic carbocycles. The van der Waals surface area contributed by atoms with Crippen LogP contribution in [0.2, 0.25) is 0 Å². The molecule has 2 aromatic rings. The van der Waals surface area contributed by atoms with Gasteiger partial charge in [0.1, 0.15) is 0 Å². The molecule has 0 fully saturated rings. The number of halogens is 1. The predicted molar refractivity (Wildman–Crippen MR) is 55.6 cm³/mol. The molecule has 2 N–H and O–H groups in total. The van der Waals surface area contributed by atoms with E-state index >= 15 is 0 Å². The molecule has 0 unspecified atom stereocenters. The monoisotopic (exact) mass is 195 g/mol. The SMILES string of the molecule is CCc1c(F)sc2cc(N)ccc12. The Labute approximate surface area is 80.0 Å². The minimum absolute atomic E-state index is 0.0805. The first-order chi connectivity index (χ1) is 6.22. The maximum absolute atomic E-state index is 13.3. The predicted octanol–water partition coefficient (Wildman–Crippen LogP) is 3.19. The van der Waals surface area contributed by atoms with Crippen molar-refractivity contribution in [2.24, 2.45) is 0 Å². The lowest BCUT2D eigenvalue weighted by Crippen LogP contribution is -1.83. The van der Waals surface area contributed by atoms with E-state index in [1.807, 2.05) is 25.1 Å². The van der Waals surface area contributed by atoms with E-state index in [0.29, 0.717) is 5.69 Å². The van der Waals surface area contributed by atoms with E-state index in [2.05, 4.69) is 0 Å². The Kier molecular flexibility index (Phi) is 1.96. The molecule has 0 saturated heterocycles. The molecule has 1 aromatic carbocycles. The van der Waals surface area contributed by atoms with Gasteiger partial charge in [0, 0.05) is 16.0 Å². The van der Waals surface area contributed by atoms with Gasteiger partial charge in [-0.1, -0.05) is 13.0 Å². The van der Waals surface area contributed by atoms with E-state index < -0.39 is 0 Å². The summed E-state index contributed by atoms with van der Waals surface area (Å²) in [4.78, 5) is 0. The number of nitrogen functional groups attached to an aromatic ring is 1. The van der Waals surface area contributed by atoms with Crippen LogP contribution in [0.15, 0.2) is 18.2 Å². The van der Waals surface area contributed by atoms with Gasteiger partial charge in [0.05, 0.1) is 0 Å². The highest BCUT2D eigenvalue weighted by molar-refractivity contribution is 7.17. The molecular weight excluding hydrogens is 185 g/mol. The summed E-state index contributed by atoms with van der Waals surface area (Å²) in [6.45, 7) is 1.96. The molecule has 0 spiro atoms. The molecule has 0 radical (unpaired) electrons. The molecule has 3 heteroatoms. The van der Waals surface area contributed by atoms with Gasteiger partial charge in [0.25, 0.3) is 0 Å². The average molecular weight is 195 g/mol. The number of aryl methyl sites for hydroxylation is 1. The molecule has 0 saturated carbocycles. The van der Waals surface area contributed by atoms with Crippen molar-refractivity contribution in [2.45, 2.75) is 13.3 Å². The molecule has 1 aromatic heterocycles. The van der Waals surface area contributed by atoms with E-state index in [1.165, 1.54) is 11.3 Å². The fourth-order valence-corrected chi connectivity index (χ4v) is 2.53. The Bertz CT molecular complexity index is 447. The summed E-state index contributed by atoms with van der Waals surface area (Å²) in [5.41, 5.74) is 7.11. The zero-order chi connectivity index (χ0) is 9.42. The molecule has 0 atom stereocenters. The van der Waals surface area contributed by atoms with Gasteiger partial charge in [0.15, 0.2) is 5.13 Å². The summed E-state index contributed by atoms with van der Waals surface area (Å²) in [5, 5.41) is 0.919. The Morgan fingerprint density at radius 3 is 2.92 bits per heavy atom. The highest BCUT2D eigenvalue weighted by atomic mass is 32.1. The highest BCUT2D eigenvalue weighted by Crippen LogP contribution is 2.31. The largest absolute Gasteiger partial charge is 0.399 e. The maximum Gasteiger partial charge on any atom is 0.180 e. The van der Waals surface area contributed by atoms with E-state index in [4.69, 9.17) is 5.73 Å². The van der Waals surface area contributed by atoms with Crippen LogP contribution >= 0.6 is 11.3 Å². The molecule has 0 aliphatic rings.